The molecule has 0 bridgehead atoms. The van der Waals surface area contributed by atoms with E-state index in [2.05, 4.69) is 111 Å². The minimum Gasteiger partial charge on any atom is -0.857 e. The van der Waals surface area contributed by atoms with Crippen molar-refractivity contribution in [2.24, 2.45) is 0 Å². The summed E-state index contributed by atoms with van der Waals surface area (Å²) in [6.45, 7) is 3.46. The van der Waals surface area contributed by atoms with Gasteiger partial charge in [-0.3, -0.25) is 0 Å². The second-order valence-corrected chi connectivity index (χ2v) is 12.3. The molecule has 12 heteroatoms. The molecule has 11 nitrogen and oxygen atoms in total. The minimum absolute atomic E-state index is 0. The predicted molar refractivity (Wildman–Crippen MR) is 218 cm³/mol. The zero-order valence-corrected chi connectivity index (χ0v) is 34.7. The van der Waals surface area contributed by atoms with E-state index < -0.39 is 0 Å². The molecule has 8 rings (SSSR count). The van der Waals surface area contributed by atoms with Gasteiger partial charge in [-0.2, -0.15) is 7.11 Å². The summed E-state index contributed by atoms with van der Waals surface area (Å²) in [6.07, 6.45) is 1.04. The van der Waals surface area contributed by atoms with Gasteiger partial charge in [0.25, 0.3) is 0 Å². The maximum atomic E-state index is 9.25. The van der Waals surface area contributed by atoms with Gasteiger partial charge in [-0.05, 0) is 71.8 Å². The number of hydrogen-bond donors (Lipinski definition) is 2. The summed E-state index contributed by atoms with van der Waals surface area (Å²) in [7, 11) is 1.75. The normalized spacial score (nSPS) is 10.1. The Balaban J connectivity index is 0.000000229. The summed E-state index contributed by atoms with van der Waals surface area (Å²) in [4.78, 5) is 0. The molecule has 2 heterocycles. The molecule has 2 N–H and O–H groups in total. The second-order valence-electron chi connectivity index (χ2n) is 12.3. The number of rotatable bonds is 10. The molecule has 8 aromatic rings. The number of aliphatic hydroxyl groups excluding tert-OH is 2. The zero-order chi connectivity index (χ0) is 39.5. The Morgan fingerprint density at radius 1 is 0.456 bits per heavy atom. The fraction of sp³-hybridized carbons (Fsp3) is 0.156. The molecule has 0 fully saturated rings. The smallest absolute Gasteiger partial charge is 0.857 e. The Bertz CT molecular complexity index is 2170. The molecule has 0 aliphatic carbocycles. The maximum Gasteiger partial charge on any atom is 1.00 e. The van der Waals surface area contributed by atoms with Crippen LogP contribution in [0.25, 0.3) is 45.0 Å². The summed E-state index contributed by atoms with van der Waals surface area (Å²) >= 11 is 0. The molecule has 0 radical (unpaired) electrons. The monoisotopic (exact) mass is 768 g/mol. The van der Waals surface area contributed by atoms with Crippen LogP contribution in [0.5, 0.6) is 0 Å². The average molecular weight is 769 g/mol. The Hall–Kier alpha value is -5.66. The minimum atomic E-state index is 0. The number of tetrazole rings is 2. The van der Waals surface area contributed by atoms with Crippen LogP contribution >= 0.6 is 0 Å². The molecule has 2 aromatic heterocycles. The quantitative estimate of drug-likeness (QED) is 0.199. The third-order valence-corrected chi connectivity index (χ3v) is 8.87. The number of aliphatic hydroxyl groups is 2. The van der Waals surface area contributed by atoms with Gasteiger partial charge in [-0.15, -0.1) is 10.2 Å². The predicted octanol–water partition coefficient (Wildman–Crippen LogP) is 3.75. The first-order chi connectivity index (χ1) is 27.7. The van der Waals surface area contributed by atoms with Gasteiger partial charge in [0.05, 0.1) is 19.7 Å². The summed E-state index contributed by atoms with van der Waals surface area (Å²) in [5.74, 6) is 1.51. The van der Waals surface area contributed by atoms with E-state index in [9.17, 15) is 5.11 Å². The van der Waals surface area contributed by atoms with E-state index in [0.717, 1.165) is 71.2 Å². The first kappa shape index (κ1) is 44.1. The third kappa shape index (κ3) is 11.7. The van der Waals surface area contributed by atoms with Gasteiger partial charge in [0.2, 0.25) is 0 Å². The van der Waals surface area contributed by atoms with E-state index in [-0.39, 0.29) is 36.2 Å². The topological polar surface area (TPSA) is 151 Å². The van der Waals surface area contributed by atoms with Gasteiger partial charge in [-0.1, -0.05) is 165 Å². The summed E-state index contributed by atoms with van der Waals surface area (Å²) in [5.41, 5.74) is 11.0. The van der Waals surface area contributed by atoms with E-state index in [0.29, 0.717) is 13.1 Å². The van der Waals surface area contributed by atoms with E-state index >= 15 is 0 Å². The maximum absolute atomic E-state index is 9.25. The molecule has 0 unspecified atom stereocenters. The van der Waals surface area contributed by atoms with Crippen LogP contribution in [0, 0.1) is 0 Å². The first-order valence-corrected chi connectivity index (χ1v) is 18.1. The van der Waals surface area contributed by atoms with Crippen LogP contribution in [0.3, 0.4) is 0 Å². The summed E-state index contributed by atoms with van der Waals surface area (Å²) in [6, 6.07) is 53.3. The molecule has 0 spiro atoms. The molecule has 0 aliphatic rings. The van der Waals surface area contributed by atoms with Crippen molar-refractivity contribution in [1.82, 2.24) is 40.4 Å². The molecular weight excluding hydrogens is 724 g/mol. The SMILES string of the molecule is CCc1ccc(-c2ccccc2-c2nnnn2Cc2ccccc2)cc1.CO.C[O-].OCc1ccc(-c2ccccc2-c2nnnn2Cc2ccccc2)cc1.[Na+]. The van der Waals surface area contributed by atoms with Gasteiger partial charge in [0, 0.05) is 18.2 Å². The van der Waals surface area contributed by atoms with Crippen LogP contribution in [-0.2, 0) is 26.1 Å². The van der Waals surface area contributed by atoms with Crippen molar-refractivity contribution in [2.75, 3.05) is 14.2 Å². The standard InChI is InChI=1S/C22H20N4.C21H18N4O.CH4O.CH3O.Na/c1-2-17-12-14-19(15-13-17)20-10-6-7-11-21(20)22-23-24-25-26(22)16-18-8-4-3-5-9-18;26-15-17-10-12-18(13-11-17)19-8-4-5-9-20(19)21-22-23-24-25(21)14-16-6-2-1-3-7-16;2*1-2;/h3-15H,2,16H2,1H3;1-13,26H,14-15H2;2H,1H3;1H3;/q;;;-1;+1. The number of nitrogens with zero attached hydrogens (tertiary/aromatic N) is 8. The van der Waals surface area contributed by atoms with E-state index in [1.165, 1.54) is 16.7 Å². The van der Waals surface area contributed by atoms with E-state index in [1.54, 1.807) is 0 Å². The fourth-order valence-electron chi connectivity index (χ4n) is 6.09. The Morgan fingerprint density at radius 2 is 0.807 bits per heavy atom. The fourth-order valence-corrected chi connectivity index (χ4v) is 6.09. The Kier molecular flexibility index (Phi) is 18.1. The summed E-state index contributed by atoms with van der Waals surface area (Å²) < 4.78 is 3.67. The van der Waals surface area contributed by atoms with Gasteiger partial charge in [0.15, 0.2) is 11.6 Å². The molecule has 57 heavy (non-hydrogen) atoms. The van der Waals surface area contributed by atoms with Gasteiger partial charge < -0.3 is 15.3 Å². The number of aryl methyl sites for hydroxylation is 1. The van der Waals surface area contributed by atoms with Crippen LogP contribution in [0.2, 0.25) is 0 Å². The van der Waals surface area contributed by atoms with Crippen LogP contribution in [-0.4, -0.2) is 64.8 Å². The number of hydrogen-bond acceptors (Lipinski definition) is 9. The first-order valence-electron chi connectivity index (χ1n) is 18.1. The average Bonchev–Trinajstić information content (AvgIpc) is 3.95. The molecule has 6 aromatic carbocycles. The van der Waals surface area contributed by atoms with Crippen molar-refractivity contribution in [1.29, 1.82) is 0 Å². The molecule has 284 valence electrons. The van der Waals surface area contributed by atoms with Crippen molar-refractivity contribution >= 4 is 0 Å². The van der Waals surface area contributed by atoms with Gasteiger partial charge >= 0.3 is 29.6 Å². The largest absolute Gasteiger partial charge is 1.00 e. The number of aromatic nitrogens is 8. The van der Waals surface area contributed by atoms with Crippen LogP contribution in [0.15, 0.2) is 158 Å². The van der Waals surface area contributed by atoms with Crippen LogP contribution in [0.4, 0.5) is 0 Å². The molecule has 0 saturated carbocycles. The zero-order valence-electron chi connectivity index (χ0n) is 32.7. The summed E-state index contributed by atoms with van der Waals surface area (Å²) in [5, 5.41) is 49.3. The van der Waals surface area contributed by atoms with Crippen molar-refractivity contribution in [3.8, 4) is 45.0 Å². The van der Waals surface area contributed by atoms with E-state index in [1.807, 2.05) is 94.3 Å². The Morgan fingerprint density at radius 3 is 1.18 bits per heavy atom. The van der Waals surface area contributed by atoms with Gasteiger partial charge in [0.1, 0.15) is 0 Å². The number of benzene rings is 6. The molecule has 0 saturated heterocycles. The second kappa shape index (κ2) is 23.4. The third-order valence-electron chi connectivity index (χ3n) is 8.87. The van der Waals surface area contributed by atoms with Crippen molar-refractivity contribution in [3.63, 3.8) is 0 Å². The van der Waals surface area contributed by atoms with Crippen molar-refractivity contribution < 1.29 is 44.9 Å². The molecule has 0 atom stereocenters. The van der Waals surface area contributed by atoms with Gasteiger partial charge in [-0.25, -0.2) is 9.36 Å². The molecule has 0 amide bonds. The van der Waals surface area contributed by atoms with E-state index in [4.69, 9.17) is 10.2 Å². The van der Waals surface area contributed by atoms with Crippen molar-refractivity contribution in [3.05, 3.63) is 180 Å². The van der Waals surface area contributed by atoms with Crippen LogP contribution < -0.4 is 34.7 Å². The Labute approximate surface area is 355 Å². The van der Waals surface area contributed by atoms with Crippen molar-refractivity contribution in [2.45, 2.75) is 33.0 Å². The molecular formula is C45H45N8NaO3. The van der Waals surface area contributed by atoms with Crippen LogP contribution in [0.1, 0.15) is 29.2 Å². The molecule has 0 aliphatic heterocycles.